The van der Waals surface area contributed by atoms with Crippen LogP contribution in [-0.2, 0) is 17.9 Å². The van der Waals surface area contributed by atoms with Crippen LogP contribution in [-0.4, -0.2) is 33.8 Å². The van der Waals surface area contributed by atoms with Crippen molar-refractivity contribution < 1.29 is 19.4 Å². The summed E-state index contributed by atoms with van der Waals surface area (Å²) in [6, 6.07) is 14.6. The van der Waals surface area contributed by atoms with E-state index >= 15 is 0 Å². The number of benzene rings is 2. The summed E-state index contributed by atoms with van der Waals surface area (Å²) in [7, 11) is 0. The first kappa shape index (κ1) is 17.9. The number of aromatic nitrogens is 2. The van der Waals surface area contributed by atoms with Crippen LogP contribution in [0.15, 0.2) is 48.5 Å². The van der Waals surface area contributed by atoms with Gasteiger partial charge in [0.05, 0.1) is 16.6 Å². The molecule has 1 N–H and O–H groups in total. The smallest absolute Gasteiger partial charge is 0.335 e. The van der Waals surface area contributed by atoms with E-state index < -0.39 is 5.97 Å². The molecular weight excluding hydrogens is 332 g/mol. The van der Waals surface area contributed by atoms with Gasteiger partial charge in [-0.2, -0.15) is 0 Å². The van der Waals surface area contributed by atoms with E-state index in [0.29, 0.717) is 25.3 Å². The highest BCUT2D eigenvalue weighted by atomic mass is 16.5. The molecule has 1 aromatic heterocycles. The third-order valence-electron chi connectivity index (χ3n) is 4.06. The quantitative estimate of drug-likeness (QED) is 0.593. The predicted octanol–water partition coefficient (Wildman–Crippen LogP) is 3.74. The number of carboxylic acids is 1. The lowest BCUT2D eigenvalue weighted by Crippen LogP contribution is -2.09. The zero-order valence-electron chi connectivity index (χ0n) is 14.7. The Kier molecular flexibility index (Phi) is 5.86. The SMILES string of the molecule is CCOCCCn1c(COc2ccccc2)nc2cc(C(=O)O)ccc21. The molecule has 136 valence electrons. The summed E-state index contributed by atoms with van der Waals surface area (Å²) in [4.78, 5) is 15.8. The summed E-state index contributed by atoms with van der Waals surface area (Å²) < 4.78 is 13.3. The summed E-state index contributed by atoms with van der Waals surface area (Å²) in [6.45, 7) is 4.38. The van der Waals surface area contributed by atoms with Crippen LogP contribution >= 0.6 is 0 Å². The maximum Gasteiger partial charge on any atom is 0.335 e. The molecule has 0 amide bonds. The van der Waals surface area contributed by atoms with Crippen molar-refractivity contribution in [3.63, 3.8) is 0 Å². The lowest BCUT2D eigenvalue weighted by Gasteiger charge is -2.10. The van der Waals surface area contributed by atoms with Crippen molar-refractivity contribution in [3.8, 4) is 5.75 Å². The molecule has 0 unspecified atom stereocenters. The van der Waals surface area contributed by atoms with Crippen LogP contribution in [0.5, 0.6) is 5.75 Å². The van der Waals surface area contributed by atoms with Gasteiger partial charge in [-0.25, -0.2) is 9.78 Å². The molecule has 0 bridgehead atoms. The standard InChI is InChI=1S/C20H22N2O4/c1-2-25-12-6-11-22-18-10-9-15(20(23)24)13-17(18)21-19(22)14-26-16-7-4-3-5-8-16/h3-5,7-10,13H,2,6,11-12,14H2,1H3,(H,23,24). The van der Waals surface area contributed by atoms with Crippen molar-refractivity contribution in [2.75, 3.05) is 13.2 Å². The number of rotatable bonds is 9. The molecule has 0 atom stereocenters. The molecule has 0 spiro atoms. The first-order valence-electron chi connectivity index (χ1n) is 8.67. The second-order valence-electron chi connectivity index (χ2n) is 5.84. The van der Waals surface area contributed by atoms with Crippen LogP contribution in [0.25, 0.3) is 11.0 Å². The fourth-order valence-corrected chi connectivity index (χ4v) is 2.81. The third-order valence-corrected chi connectivity index (χ3v) is 4.06. The highest BCUT2D eigenvalue weighted by Gasteiger charge is 2.13. The number of carbonyl (C=O) groups is 1. The van der Waals surface area contributed by atoms with E-state index in [0.717, 1.165) is 30.1 Å². The number of nitrogens with zero attached hydrogens (tertiary/aromatic N) is 2. The predicted molar refractivity (Wildman–Crippen MR) is 98.6 cm³/mol. The first-order valence-corrected chi connectivity index (χ1v) is 8.67. The number of carboxylic acid groups (broad SMARTS) is 1. The third kappa shape index (κ3) is 4.21. The molecule has 0 saturated heterocycles. The second-order valence-corrected chi connectivity index (χ2v) is 5.84. The van der Waals surface area contributed by atoms with Gasteiger partial charge in [0.2, 0.25) is 0 Å². The Labute approximate surface area is 152 Å². The monoisotopic (exact) mass is 354 g/mol. The number of ether oxygens (including phenoxy) is 2. The highest BCUT2D eigenvalue weighted by Crippen LogP contribution is 2.20. The molecule has 6 nitrogen and oxygen atoms in total. The zero-order chi connectivity index (χ0) is 18.4. The lowest BCUT2D eigenvalue weighted by molar-refractivity contribution is 0.0697. The second kappa shape index (κ2) is 8.49. The van der Waals surface area contributed by atoms with E-state index in [1.165, 1.54) is 0 Å². The minimum Gasteiger partial charge on any atom is -0.486 e. The van der Waals surface area contributed by atoms with Gasteiger partial charge < -0.3 is 19.1 Å². The Balaban J connectivity index is 1.86. The Hall–Kier alpha value is -2.86. The fourth-order valence-electron chi connectivity index (χ4n) is 2.81. The van der Waals surface area contributed by atoms with E-state index in [-0.39, 0.29) is 5.56 Å². The molecule has 2 aromatic carbocycles. The van der Waals surface area contributed by atoms with Gasteiger partial charge >= 0.3 is 5.97 Å². The summed E-state index contributed by atoms with van der Waals surface area (Å²) in [6.07, 6.45) is 0.846. The summed E-state index contributed by atoms with van der Waals surface area (Å²) in [5.41, 5.74) is 1.79. The van der Waals surface area contributed by atoms with Crippen molar-refractivity contribution in [2.24, 2.45) is 0 Å². The Morgan fingerprint density at radius 2 is 2.00 bits per heavy atom. The van der Waals surface area contributed by atoms with Crippen molar-refractivity contribution in [2.45, 2.75) is 26.5 Å². The van der Waals surface area contributed by atoms with Gasteiger partial charge in [-0.15, -0.1) is 0 Å². The van der Waals surface area contributed by atoms with Gasteiger partial charge in [0, 0.05) is 19.8 Å². The van der Waals surface area contributed by atoms with E-state index in [9.17, 15) is 9.90 Å². The summed E-state index contributed by atoms with van der Waals surface area (Å²) >= 11 is 0. The van der Waals surface area contributed by atoms with Crippen LogP contribution in [0.1, 0.15) is 29.5 Å². The molecule has 0 radical (unpaired) electrons. The summed E-state index contributed by atoms with van der Waals surface area (Å²) in [5.74, 6) is 0.578. The van der Waals surface area contributed by atoms with Crippen molar-refractivity contribution in [3.05, 3.63) is 59.9 Å². The number of fused-ring (bicyclic) bond motifs is 1. The Morgan fingerprint density at radius 1 is 1.19 bits per heavy atom. The van der Waals surface area contributed by atoms with Crippen molar-refractivity contribution >= 4 is 17.0 Å². The maximum atomic E-state index is 11.2. The van der Waals surface area contributed by atoms with Crippen LogP contribution in [0.4, 0.5) is 0 Å². The molecular formula is C20H22N2O4. The fraction of sp³-hybridized carbons (Fsp3) is 0.300. The zero-order valence-corrected chi connectivity index (χ0v) is 14.7. The van der Waals surface area contributed by atoms with E-state index in [1.807, 2.05) is 37.3 Å². The van der Waals surface area contributed by atoms with Gasteiger partial charge in [0.1, 0.15) is 18.2 Å². The van der Waals surface area contributed by atoms with Gasteiger partial charge in [-0.05, 0) is 43.7 Å². The number of hydrogen-bond acceptors (Lipinski definition) is 4. The topological polar surface area (TPSA) is 73.6 Å². The molecule has 0 aliphatic heterocycles. The van der Waals surface area contributed by atoms with Gasteiger partial charge in [0.25, 0.3) is 0 Å². The van der Waals surface area contributed by atoms with Gasteiger partial charge in [-0.3, -0.25) is 0 Å². The maximum absolute atomic E-state index is 11.2. The lowest BCUT2D eigenvalue weighted by atomic mass is 10.2. The van der Waals surface area contributed by atoms with Crippen molar-refractivity contribution in [1.29, 1.82) is 0 Å². The van der Waals surface area contributed by atoms with E-state index in [2.05, 4.69) is 9.55 Å². The average Bonchev–Trinajstić information content (AvgIpc) is 3.01. The Morgan fingerprint density at radius 3 is 2.73 bits per heavy atom. The molecule has 6 heteroatoms. The van der Waals surface area contributed by atoms with Gasteiger partial charge in [0.15, 0.2) is 0 Å². The normalized spacial score (nSPS) is 11.0. The van der Waals surface area contributed by atoms with E-state index in [4.69, 9.17) is 9.47 Å². The van der Waals surface area contributed by atoms with E-state index in [1.54, 1.807) is 18.2 Å². The molecule has 3 rings (SSSR count). The number of aryl methyl sites for hydroxylation is 1. The van der Waals surface area contributed by atoms with Crippen LogP contribution in [0.3, 0.4) is 0 Å². The van der Waals surface area contributed by atoms with Crippen LogP contribution < -0.4 is 4.74 Å². The molecule has 1 heterocycles. The minimum absolute atomic E-state index is 0.229. The van der Waals surface area contributed by atoms with Crippen LogP contribution in [0, 0.1) is 0 Å². The number of para-hydroxylation sites is 1. The van der Waals surface area contributed by atoms with Crippen molar-refractivity contribution in [1.82, 2.24) is 9.55 Å². The van der Waals surface area contributed by atoms with Crippen LogP contribution in [0.2, 0.25) is 0 Å². The summed E-state index contributed by atoms with van der Waals surface area (Å²) in [5, 5.41) is 9.20. The Bertz CT molecular complexity index is 874. The largest absolute Gasteiger partial charge is 0.486 e. The number of imidazole rings is 1. The van der Waals surface area contributed by atoms with Gasteiger partial charge in [-0.1, -0.05) is 18.2 Å². The molecule has 0 saturated carbocycles. The number of aromatic carboxylic acids is 1. The molecule has 0 aliphatic rings. The minimum atomic E-state index is -0.958. The first-order chi connectivity index (χ1) is 12.7. The number of hydrogen-bond donors (Lipinski definition) is 1. The molecule has 26 heavy (non-hydrogen) atoms. The average molecular weight is 354 g/mol. The molecule has 3 aromatic rings. The molecule has 0 fully saturated rings. The molecule has 0 aliphatic carbocycles. The highest BCUT2D eigenvalue weighted by molar-refractivity contribution is 5.92.